The van der Waals surface area contributed by atoms with Crippen LogP contribution in [0, 0.1) is 0 Å². The SMILES string of the molecule is BB.[NaH].[NaH]. The molecule has 0 aromatic carbocycles. The average Bonchev–Trinajstić information content (AvgIpc) is 1.00. The first-order valence-corrected chi connectivity index (χ1v) is 1.00. The van der Waals surface area contributed by atoms with E-state index >= 15 is 0 Å². The zero-order valence-electron chi connectivity index (χ0n) is 2.00. The van der Waals surface area contributed by atoms with Crippen LogP contribution >= 0.6 is 0 Å². The van der Waals surface area contributed by atoms with Gasteiger partial charge in [-0.25, -0.2) is 0 Å². The molecular weight excluding hydrogens is 67.6 g/mol. The van der Waals surface area contributed by atoms with Crippen molar-refractivity contribution < 1.29 is 0 Å². The number of hydrogen-bond donors (Lipinski definition) is 0. The minimum absolute atomic E-state index is 0. The molecule has 4 heavy (non-hydrogen) atoms. The summed E-state index contributed by atoms with van der Waals surface area (Å²) in [6.45, 7) is 0. The molecule has 0 aromatic rings. The average molecular weight is 73.7 g/mol. The molecule has 14 valence electrons. The van der Waals surface area contributed by atoms with E-state index in [0.29, 0.717) is 0 Å². The Bertz CT molecular complexity index is 4.00. The molecule has 0 rings (SSSR count). The fourth-order valence-corrected chi connectivity index (χ4v) is 0. The Labute approximate surface area is 73.5 Å². The van der Waals surface area contributed by atoms with Crippen LogP contribution in [0.4, 0.5) is 0 Å². The van der Waals surface area contributed by atoms with Gasteiger partial charge < -0.3 is 0 Å². The van der Waals surface area contributed by atoms with E-state index in [-0.39, 0.29) is 59.1 Å². The van der Waals surface area contributed by atoms with Gasteiger partial charge in [-0.1, -0.05) is 0 Å². The first-order valence-electron chi connectivity index (χ1n) is 1.00. The molecule has 0 radical (unpaired) electrons. The Morgan fingerprint density at radius 2 is 0.750 bits per heavy atom. The molecule has 0 N–H and O–H groups in total. The van der Waals surface area contributed by atoms with Gasteiger partial charge in [0, 0.05) is 0 Å². The van der Waals surface area contributed by atoms with Gasteiger partial charge in [-0.3, -0.25) is 0 Å². The van der Waals surface area contributed by atoms with Crippen molar-refractivity contribution in [2.75, 3.05) is 0 Å². The zero-order chi connectivity index (χ0) is 2.00. The van der Waals surface area contributed by atoms with Crippen LogP contribution in [-0.2, 0) is 0 Å². The second kappa shape index (κ2) is 19.3. The van der Waals surface area contributed by atoms with Crippen molar-refractivity contribution in [1.82, 2.24) is 0 Å². The van der Waals surface area contributed by atoms with Gasteiger partial charge in [-0.05, 0) is 0 Å². The normalized spacial score (nSPS) is 1.00. The van der Waals surface area contributed by atoms with E-state index in [1.165, 1.54) is 0 Å². The molecule has 0 fully saturated rings. The van der Waals surface area contributed by atoms with E-state index in [1.54, 1.807) is 0 Å². The molecule has 0 unspecified atom stereocenters. The monoisotopic (exact) mass is 74.0 g/mol. The third-order valence-electron chi connectivity index (χ3n) is 0. The molecule has 4 heteroatoms. The summed E-state index contributed by atoms with van der Waals surface area (Å²) in [4.78, 5) is 0. The molecule has 0 aliphatic heterocycles. The molecule has 0 aromatic heterocycles. The second-order valence-corrected chi connectivity index (χ2v) is 0. The Morgan fingerprint density at radius 3 is 0.750 bits per heavy atom. The van der Waals surface area contributed by atoms with Gasteiger partial charge in [0.25, 0.3) is 0 Å². The van der Waals surface area contributed by atoms with E-state index in [2.05, 4.69) is 0 Å². The van der Waals surface area contributed by atoms with Gasteiger partial charge in [0.05, 0.1) is 15.5 Å². The van der Waals surface area contributed by atoms with E-state index < -0.39 is 0 Å². The quantitative estimate of drug-likeness (QED) is 0.266. The predicted octanol–water partition coefficient (Wildman–Crippen LogP) is -3.13. The Morgan fingerprint density at radius 1 is 0.750 bits per heavy atom. The molecule has 0 nitrogen and oxygen atoms in total. The first-order chi connectivity index (χ1) is 1.00. The fourth-order valence-electron chi connectivity index (χ4n) is 0. The standard InChI is InChI=1S/B2H4.2Na.2H/c1-2;;;;/h1-2H2;;;;. The van der Waals surface area contributed by atoms with Gasteiger partial charge in [0.15, 0.2) is 0 Å². The summed E-state index contributed by atoms with van der Waals surface area (Å²) in [5, 5.41) is 0. The third kappa shape index (κ3) is 8.92. The molecule has 0 bridgehead atoms. The molecule has 0 aliphatic rings. The summed E-state index contributed by atoms with van der Waals surface area (Å²) < 4.78 is 0. The molecule has 0 saturated carbocycles. The van der Waals surface area contributed by atoms with Gasteiger partial charge in [0.2, 0.25) is 0 Å². The van der Waals surface area contributed by atoms with Gasteiger partial charge >= 0.3 is 59.1 Å². The van der Waals surface area contributed by atoms with Crippen molar-refractivity contribution in [1.29, 1.82) is 0 Å². The van der Waals surface area contributed by atoms with Crippen LogP contribution in [0.1, 0.15) is 0 Å². The van der Waals surface area contributed by atoms with Crippen molar-refractivity contribution in [2.45, 2.75) is 0 Å². The van der Waals surface area contributed by atoms with Crippen LogP contribution in [-0.4, -0.2) is 74.6 Å². The topological polar surface area (TPSA) is 0 Å². The van der Waals surface area contributed by atoms with Crippen LogP contribution in [0.2, 0.25) is 0 Å². The summed E-state index contributed by atoms with van der Waals surface area (Å²) in [5.41, 5.74) is 0. The van der Waals surface area contributed by atoms with Crippen molar-refractivity contribution in [3.05, 3.63) is 0 Å². The second-order valence-electron chi connectivity index (χ2n) is 0. The van der Waals surface area contributed by atoms with Gasteiger partial charge in [-0.15, -0.1) is 0 Å². The third-order valence-corrected chi connectivity index (χ3v) is 0. The molecule has 0 heterocycles. The molecule has 0 atom stereocenters. The van der Waals surface area contributed by atoms with Crippen LogP contribution < -0.4 is 0 Å². The molecule has 0 aliphatic carbocycles. The van der Waals surface area contributed by atoms with Crippen molar-refractivity contribution in [2.24, 2.45) is 0 Å². The van der Waals surface area contributed by atoms with E-state index in [4.69, 9.17) is 0 Å². The van der Waals surface area contributed by atoms with Crippen LogP contribution in [0.3, 0.4) is 0 Å². The van der Waals surface area contributed by atoms with Gasteiger partial charge in [0.1, 0.15) is 0 Å². The van der Waals surface area contributed by atoms with Gasteiger partial charge in [-0.2, -0.15) is 0 Å². The van der Waals surface area contributed by atoms with Crippen LogP contribution in [0.5, 0.6) is 0 Å². The Hall–Kier alpha value is 2.13. The number of hydrogen-bond acceptors (Lipinski definition) is 0. The van der Waals surface area contributed by atoms with Crippen LogP contribution in [0.15, 0.2) is 0 Å². The first kappa shape index (κ1) is 16.5. The van der Waals surface area contributed by atoms with Crippen LogP contribution in [0.25, 0.3) is 0 Å². The summed E-state index contributed by atoms with van der Waals surface area (Å²) in [5.74, 6) is 0. The van der Waals surface area contributed by atoms with Crippen molar-refractivity contribution in [3.8, 4) is 0 Å². The molecule has 0 spiro atoms. The summed E-state index contributed by atoms with van der Waals surface area (Å²) >= 11 is 0. The summed E-state index contributed by atoms with van der Waals surface area (Å²) in [6, 6.07) is 0. The predicted molar refractivity (Wildman–Crippen MR) is 31.4 cm³/mol. The zero-order valence-corrected chi connectivity index (χ0v) is 2.00. The van der Waals surface area contributed by atoms with Crippen molar-refractivity contribution in [3.63, 3.8) is 0 Å². The molecular formula is H6B2Na2. The summed E-state index contributed by atoms with van der Waals surface area (Å²) in [7, 11) is 4.00. The molecule has 0 saturated heterocycles. The molecule has 0 amide bonds. The van der Waals surface area contributed by atoms with E-state index in [0.717, 1.165) is 0 Å². The van der Waals surface area contributed by atoms with E-state index in [9.17, 15) is 0 Å². The fraction of sp³-hybridized carbons (Fsp3) is 0. The summed E-state index contributed by atoms with van der Waals surface area (Å²) in [6.07, 6.45) is 0. The van der Waals surface area contributed by atoms with Crippen molar-refractivity contribution >= 4 is 74.6 Å². The maximum atomic E-state index is 2.00. The minimum atomic E-state index is 0. The van der Waals surface area contributed by atoms with E-state index in [1.807, 2.05) is 15.5 Å². The Balaban J connectivity index is -0.00000000500. The number of rotatable bonds is 0. The Kier molecular flexibility index (Phi) is 79.4. The maximum absolute atomic E-state index is 2.00.